The summed E-state index contributed by atoms with van der Waals surface area (Å²) >= 11 is 0. The van der Waals surface area contributed by atoms with Gasteiger partial charge in [-0.2, -0.15) is 19.7 Å². The summed E-state index contributed by atoms with van der Waals surface area (Å²) in [6.07, 6.45) is 3.39. The van der Waals surface area contributed by atoms with E-state index in [4.69, 9.17) is 10.2 Å². The smallest absolute Gasteiger partial charge is 0.254 e. The molecule has 2 N–H and O–H groups in total. The number of amides is 1. The molecule has 0 saturated carbocycles. The Balaban J connectivity index is 0.985. The maximum atomic E-state index is 15.1. The summed E-state index contributed by atoms with van der Waals surface area (Å²) in [5.74, 6) is 1.26. The summed E-state index contributed by atoms with van der Waals surface area (Å²) in [6.45, 7) is 5.12. The zero-order valence-corrected chi connectivity index (χ0v) is 23.7. The monoisotopic (exact) mass is 591 g/mol. The highest BCUT2D eigenvalue weighted by Gasteiger charge is 2.24. The van der Waals surface area contributed by atoms with Crippen molar-refractivity contribution in [3.8, 4) is 11.5 Å². The van der Waals surface area contributed by atoms with Gasteiger partial charge in [0.25, 0.3) is 5.91 Å². The van der Waals surface area contributed by atoms with Crippen LogP contribution in [0.2, 0.25) is 0 Å². The van der Waals surface area contributed by atoms with Crippen molar-refractivity contribution in [3.05, 3.63) is 60.2 Å². The number of aromatic nitrogens is 5. The third-order valence-corrected chi connectivity index (χ3v) is 9.28. The molecule has 42 heavy (non-hydrogen) atoms. The first-order valence-electron chi connectivity index (χ1n) is 13.9. The van der Waals surface area contributed by atoms with Crippen molar-refractivity contribution >= 4 is 44.9 Å². The van der Waals surface area contributed by atoms with Crippen LogP contribution in [0.5, 0.6) is 0 Å². The van der Waals surface area contributed by atoms with E-state index in [-0.39, 0.29) is 11.9 Å². The average Bonchev–Trinajstić information content (AvgIpc) is 3.77. The molecule has 4 aromatic heterocycles. The van der Waals surface area contributed by atoms with Crippen molar-refractivity contribution in [1.82, 2.24) is 34.2 Å². The van der Waals surface area contributed by atoms with Gasteiger partial charge in [-0.1, -0.05) is 0 Å². The van der Waals surface area contributed by atoms with Gasteiger partial charge < -0.3 is 20.0 Å². The van der Waals surface area contributed by atoms with Crippen molar-refractivity contribution < 1.29 is 17.8 Å². The molecular weight excluding hydrogens is 561 g/mol. The largest absolute Gasteiger partial charge is 0.463 e. The third kappa shape index (κ3) is 4.90. The highest BCUT2D eigenvalue weighted by Crippen LogP contribution is 2.27. The second kappa shape index (κ2) is 10.8. The number of fused-ring (bicyclic) bond motifs is 3. The third-order valence-electron chi connectivity index (χ3n) is 8.01. The van der Waals surface area contributed by atoms with Crippen molar-refractivity contribution in [2.45, 2.75) is 6.54 Å². The molecule has 2 aliphatic heterocycles. The topological polar surface area (TPSA) is 131 Å². The summed E-state index contributed by atoms with van der Waals surface area (Å²) < 4.78 is 35.6. The van der Waals surface area contributed by atoms with Gasteiger partial charge in [0.15, 0.2) is 11.4 Å². The number of nitrogens with zero attached hydrogens (tertiary/aromatic N) is 8. The number of hydrogen-bond acceptors (Lipinski definition) is 9. The van der Waals surface area contributed by atoms with Crippen LogP contribution in [0.4, 0.5) is 16.0 Å². The van der Waals surface area contributed by atoms with Gasteiger partial charge in [-0.05, 0) is 36.4 Å². The molecule has 12 nitrogen and oxygen atoms in total. The van der Waals surface area contributed by atoms with Crippen LogP contribution in [-0.2, 0) is 17.3 Å². The lowest BCUT2D eigenvalue weighted by molar-refractivity contribution is 0.0770. The van der Waals surface area contributed by atoms with E-state index in [1.807, 2.05) is 27.8 Å². The molecule has 0 spiro atoms. The molecule has 2 saturated heterocycles. The fourth-order valence-corrected chi connectivity index (χ4v) is 6.71. The molecule has 218 valence electrons. The Kier molecular flexibility index (Phi) is 6.86. The van der Waals surface area contributed by atoms with E-state index >= 15 is 4.39 Å². The van der Waals surface area contributed by atoms with E-state index in [1.54, 1.807) is 34.0 Å². The molecule has 2 fully saturated rings. The van der Waals surface area contributed by atoms with Gasteiger partial charge in [-0.15, -0.1) is 0 Å². The number of piperazine rings is 1. The van der Waals surface area contributed by atoms with Crippen LogP contribution >= 0.6 is 0 Å². The van der Waals surface area contributed by atoms with Crippen molar-refractivity contribution in [1.29, 1.82) is 0 Å². The molecule has 6 heterocycles. The fraction of sp³-hybridized carbons (Fsp3) is 0.357. The number of nitrogens with two attached hydrogens (primary N) is 1. The highest BCUT2D eigenvalue weighted by molar-refractivity contribution is 7.85. The molecule has 0 bridgehead atoms. The molecule has 0 atom stereocenters. The Labute approximate surface area is 242 Å². The minimum Gasteiger partial charge on any atom is -0.463 e. The Bertz CT molecular complexity index is 1780. The Morgan fingerprint density at radius 3 is 2.60 bits per heavy atom. The van der Waals surface area contributed by atoms with Gasteiger partial charge in [0, 0.05) is 73.7 Å². The summed E-state index contributed by atoms with van der Waals surface area (Å²) in [6, 6.07) is 10.3. The van der Waals surface area contributed by atoms with Crippen LogP contribution in [-0.4, -0.2) is 102 Å². The molecule has 14 heteroatoms. The molecule has 1 aromatic carbocycles. The summed E-state index contributed by atoms with van der Waals surface area (Å²) in [7, 11) is -0.873. The van der Waals surface area contributed by atoms with Gasteiger partial charge in [0.05, 0.1) is 35.6 Å². The molecule has 0 unspecified atom stereocenters. The highest BCUT2D eigenvalue weighted by atomic mass is 32.2. The number of nitrogen functional groups attached to an aromatic ring is 1. The van der Waals surface area contributed by atoms with Gasteiger partial charge >= 0.3 is 0 Å². The fourth-order valence-electron chi connectivity index (χ4n) is 5.66. The quantitative estimate of drug-likeness (QED) is 0.315. The molecule has 5 aromatic rings. The average molecular weight is 592 g/mol. The van der Waals surface area contributed by atoms with E-state index in [2.05, 4.69) is 20.1 Å². The Morgan fingerprint density at radius 2 is 1.86 bits per heavy atom. The van der Waals surface area contributed by atoms with E-state index in [0.717, 1.165) is 30.5 Å². The number of anilines is 2. The SMILES string of the molecule is Nc1nc2c(cnn2CCN2CCN(c3ccc(C(=O)N4CCS(=O)CC4)cc3F)CC2)c2cc(-c3ccco3)nn12. The number of halogens is 1. The molecule has 7 rings (SSSR count). The second-order valence-corrected chi connectivity index (χ2v) is 12.2. The zero-order valence-electron chi connectivity index (χ0n) is 22.9. The van der Waals surface area contributed by atoms with Gasteiger partial charge in [0.1, 0.15) is 11.5 Å². The lowest BCUT2D eigenvalue weighted by Crippen LogP contribution is -2.47. The molecular formula is C28H30FN9O3S. The standard InChI is InChI=1S/C28H30FN9O3S/c29-21-16-19(27(39)36-11-14-42(40)15-12-36)3-4-23(21)35-8-5-34(6-9-35)7-10-37-26-20(18-31-37)24-17-22(25-2-1-13-41-25)33-38(24)28(30)32-26/h1-4,13,16-18H,5-12,14-15H2,(H2,30,32). The summed E-state index contributed by atoms with van der Waals surface area (Å²) in [4.78, 5) is 23.3. The number of hydrogen-bond donors (Lipinski definition) is 1. The van der Waals surface area contributed by atoms with Crippen LogP contribution in [0, 0.1) is 5.82 Å². The minimum absolute atomic E-state index is 0.212. The maximum absolute atomic E-state index is 15.1. The number of benzene rings is 1. The van der Waals surface area contributed by atoms with E-state index < -0.39 is 16.6 Å². The normalized spacial score (nSPS) is 17.1. The number of carbonyl (C=O) groups is 1. The lowest BCUT2D eigenvalue weighted by atomic mass is 10.1. The molecule has 2 aliphatic rings. The molecule has 0 aliphatic carbocycles. The predicted molar refractivity (Wildman–Crippen MR) is 157 cm³/mol. The van der Waals surface area contributed by atoms with E-state index in [9.17, 15) is 9.00 Å². The Hall–Kier alpha value is -4.30. The van der Waals surface area contributed by atoms with Gasteiger partial charge in [0.2, 0.25) is 5.95 Å². The first-order chi connectivity index (χ1) is 20.4. The lowest BCUT2D eigenvalue weighted by Gasteiger charge is -2.36. The van der Waals surface area contributed by atoms with Crippen LogP contribution in [0.25, 0.3) is 28.0 Å². The van der Waals surface area contributed by atoms with Crippen LogP contribution in [0.3, 0.4) is 0 Å². The van der Waals surface area contributed by atoms with Gasteiger partial charge in [-0.3, -0.25) is 13.9 Å². The van der Waals surface area contributed by atoms with Crippen molar-refractivity contribution in [2.24, 2.45) is 0 Å². The van der Waals surface area contributed by atoms with Crippen LogP contribution in [0.1, 0.15) is 10.4 Å². The predicted octanol–water partition coefficient (Wildman–Crippen LogP) is 2.09. The van der Waals surface area contributed by atoms with E-state index in [1.165, 1.54) is 6.07 Å². The summed E-state index contributed by atoms with van der Waals surface area (Å²) in [5, 5.41) is 9.97. The second-order valence-electron chi connectivity index (χ2n) is 10.5. The van der Waals surface area contributed by atoms with Crippen molar-refractivity contribution in [2.75, 3.05) is 68.0 Å². The first kappa shape index (κ1) is 26.6. The van der Waals surface area contributed by atoms with E-state index in [0.29, 0.717) is 72.6 Å². The number of rotatable bonds is 6. The zero-order chi connectivity index (χ0) is 28.8. The first-order valence-corrected chi connectivity index (χ1v) is 15.4. The summed E-state index contributed by atoms with van der Waals surface area (Å²) in [5.41, 5.74) is 9.25. The number of furan rings is 1. The van der Waals surface area contributed by atoms with Gasteiger partial charge in [-0.25, -0.2) is 9.07 Å². The molecule has 1 amide bonds. The van der Waals surface area contributed by atoms with Crippen LogP contribution in [0.15, 0.2) is 53.3 Å². The van der Waals surface area contributed by atoms with Crippen molar-refractivity contribution in [3.63, 3.8) is 0 Å². The maximum Gasteiger partial charge on any atom is 0.254 e. The minimum atomic E-state index is -0.873. The Morgan fingerprint density at radius 1 is 1.05 bits per heavy atom. The molecule has 0 radical (unpaired) electrons. The van der Waals surface area contributed by atoms with Crippen LogP contribution < -0.4 is 10.6 Å². The number of carbonyl (C=O) groups excluding carboxylic acids is 1.